The van der Waals surface area contributed by atoms with E-state index in [0.717, 1.165) is 12.2 Å². The fourth-order valence-corrected chi connectivity index (χ4v) is 3.49. The maximum Gasteiger partial charge on any atom is 0.327 e. The van der Waals surface area contributed by atoms with Gasteiger partial charge >= 0.3 is 5.97 Å². The van der Waals surface area contributed by atoms with E-state index in [1.54, 1.807) is 11.8 Å². The number of hydrogen-bond acceptors (Lipinski definition) is 4. The number of carbonyl (C=O) groups excluding carboxylic acids is 1. The van der Waals surface area contributed by atoms with Crippen LogP contribution in [0.2, 0.25) is 0 Å². The molecule has 1 rings (SSSR count). The van der Waals surface area contributed by atoms with Crippen LogP contribution in [-0.4, -0.2) is 57.5 Å². The fraction of sp³-hybridized carbons (Fsp3) is 0.800. The first-order valence-electron chi connectivity index (χ1n) is 5.24. The third-order valence-corrected chi connectivity index (χ3v) is 4.35. The van der Waals surface area contributed by atoms with Crippen LogP contribution in [0.4, 0.5) is 0 Å². The van der Waals surface area contributed by atoms with Gasteiger partial charge in [0.1, 0.15) is 6.04 Å². The third-order valence-electron chi connectivity index (χ3n) is 2.56. The molecule has 1 aliphatic rings. The van der Waals surface area contributed by atoms with Crippen molar-refractivity contribution in [1.29, 1.82) is 0 Å². The lowest BCUT2D eigenvalue weighted by Gasteiger charge is -2.24. The Morgan fingerprint density at radius 2 is 2.19 bits per heavy atom. The summed E-state index contributed by atoms with van der Waals surface area (Å²) >= 11 is 3.07. The van der Waals surface area contributed by atoms with Crippen molar-refractivity contribution in [2.24, 2.45) is 0 Å². The number of rotatable bonds is 5. The van der Waals surface area contributed by atoms with E-state index in [1.807, 2.05) is 13.2 Å². The summed E-state index contributed by atoms with van der Waals surface area (Å²) < 4.78 is 0. The Bertz CT molecular complexity index is 273. The zero-order chi connectivity index (χ0) is 12.1. The van der Waals surface area contributed by atoms with Gasteiger partial charge in [-0.25, -0.2) is 4.79 Å². The molecule has 2 unspecified atom stereocenters. The van der Waals surface area contributed by atoms with Gasteiger partial charge in [0.15, 0.2) is 0 Å². The van der Waals surface area contributed by atoms with Crippen molar-refractivity contribution >= 4 is 35.4 Å². The molecular weight excluding hydrogens is 246 g/mol. The molecule has 0 saturated carbocycles. The molecule has 2 atom stereocenters. The highest BCUT2D eigenvalue weighted by atomic mass is 32.2. The minimum absolute atomic E-state index is 0.0494. The molecule has 4 nitrogen and oxygen atoms in total. The van der Waals surface area contributed by atoms with E-state index >= 15 is 0 Å². The Morgan fingerprint density at radius 3 is 2.69 bits per heavy atom. The summed E-state index contributed by atoms with van der Waals surface area (Å²) in [7, 11) is 0. The van der Waals surface area contributed by atoms with Crippen LogP contribution >= 0.6 is 23.5 Å². The zero-order valence-electron chi connectivity index (χ0n) is 9.51. The van der Waals surface area contributed by atoms with Gasteiger partial charge in [-0.2, -0.15) is 23.5 Å². The van der Waals surface area contributed by atoms with E-state index in [1.165, 1.54) is 16.7 Å². The number of carboxylic acid groups (broad SMARTS) is 1. The van der Waals surface area contributed by atoms with Crippen LogP contribution < -0.4 is 0 Å². The third kappa shape index (κ3) is 3.07. The van der Waals surface area contributed by atoms with Crippen LogP contribution in [0.1, 0.15) is 13.3 Å². The van der Waals surface area contributed by atoms with Crippen molar-refractivity contribution < 1.29 is 14.7 Å². The molecular formula is C10H17NO3S2. The summed E-state index contributed by atoms with van der Waals surface area (Å²) in [6.45, 7) is 2.59. The minimum Gasteiger partial charge on any atom is -0.480 e. The van der Waals surface area contributed by atoms with Gasteiger partial charge in [-0.15, -0.1) is 0 Å². The lowest BCUT2D eigenvalue weighted by molar-refractivity contribution is -0.147. The second-order valence-electron chi connectivity index (χ2n) is 3.59. The quantitative estimate of drug-likeness (QED) is 0.806. The average Bonchev–Trinajstić information content (AvgIpc) is 2.62. The Hall–Kier alpha value is -0.360. The standard InChI is InChI=1S/C10H17NO3S2/c1-3-16-7-4-5-11(8(12)6-15-2)9(7)10(13)14/h7,9H,3-6H2,1-2H3,(H,13,14). The Labute approximate surface area is 104 Å². The molecule has 0 spiro atoms. The Kier molecular flexibility index (Phi) is 5.48. The van der Waals surface area contributed by atoms with Gasteiger partial charge < -0.3 is 10.0 Å². The van der Waals surface area contributed by atoms with Gasteiger partial charge in [0.05, 0.1) is 5.75 Å². The monoisotopic (exact) mass is 263 g/mol. The summed E-state index contributed by atoms with van der Waals surface area (Å²) in [4.78, 5) is 24.5. The van der Waals surface area contributed by atoms with Crippen LogP contribution in [0.3, 0.4) is 0 Å². The smallest absolute Gasteiger partial charge is 0.327 e. The molecule has 1 fully saturated rings. The first-order valence-corrected chi connectivity index (χ1v) is 7.68. The molecule has 1 amide bonds. The van der Waals surface area contributed by atoms with Gasteiger partial charge in [0, 0.05) is 11.8 Å². The SMILES string of the molecule is CCSC1CCN(C(=O)CSC)C1C(=O)O. The maximum absolute atomic E-state index is 11.7. The van der Waals surface area contributed by atoms with E-state index in [9.17, 15) is 14.7 Å². The highest BCUT2D eigenvalue weighted by Gasteiger charge is 2.41. The van der Waals surface area contributed by atoms with E-state index in [2.05, 4.69) is 0 Å². The molecule has 1 N–H and O–H groups in total. The first kappa shape index (κ1) is 13.7. The lowest BCUT2D eigenvalue weighted by atomic mass is 10.2. The molecule has 0 bridgehead atoms. The summed E-state index contributed by atoms with van der Waals surface area (Å²) in [5, 5.41) is 9.23. The highest BCUT2D eigenvalue weighted by Crippen LogP contribution is 2.29. The van der Waals surface area contributed by atoms with Crippen molar-refractivity contribution in [1.82, 2.24) is 4.90 Å². The number of thioether (sulfide) groups is 2. The molecule has 16 heavy (non-hydrogen) atoms. The van der Waals surface area contributed by atoms with Gasteiger partial charge in [0.2, 0.25) is 5.91 Å². The average molecular weight is 263 g/mol. The largest absolute Gasteiger partial charge is 0.480 e. The van der Waals surface area contributed by atoms with Gasteiger partial charge in [-0.1, -0.05) is 6.92 Å². The van der Waals surface area contributed by atoms with Crippen molar-refractivity contribution in [3.63, 3.8) is 0 Å². The second-order valence-corrected chi connectivity index (χ2v) is 5.97. The molecule has 1 saturated heterocycles. The van der Waals surface area contributed by atoms with Gasteiger partial charge in [0.25, 0.3) is 0 Å². The maximum atomic E-state index is 11.7. The van der Waals surface area contributed by atoms with E-state index in [4.69, 9.17) is 0 Å². The Balaban J connectivity index is 2.71. The van der Waals surface area contributed by atoms with Gasteiger partial charge in [-0.05, 0) is 18.4 Å². The number of aliphatic carboxylic acids is 1. The van der Waals surface area contributed by atoms with Crippen LogP contribution in [0.15, 0.2) is 0 Å². The number of carbonyl (C=O) groups is 2. The number of likely N-dealkylation sites (tertiary alicyclic amines) is 1. The van der Waals surface area contributed by atoms with Crippen LogP contribution in [0.5, 0.6) is 0 Å². The summed E-state index contributed by atoms with van der Waals surface area (Å²) in [6, 6.07) is -0.635. The Morgan fingerprint density at radius 1 is 1.50 bits per heavy atom. The summed E-state index contributed by atoms with van der Waals surface area (Å²) in [5.74, 6) is 0.323. The molecule has 0 aromatic heterocycles. The topological polar surface area (TPSA) is 57.6 Å². The fourth-order valence-electron chi connectivity index (χ4n) is 1.93. The van der Waals surface area contributed by atoms with E-state index in [-0.39, 0.29) is 11.2 Å². The number of nitrogens with zero attached hydrogens (tertiary/aromatic N) is 1. The predicted molar refractivity (Wildman–Crippen MR) is 68.1 cm³/mol. The molecule has 6 heteroatoms. The van der Waals surface area contributed by atoms with Crippen molar-refractivity contribution in [3.8, 4) is 0 Å². The second kappa shape index (κ2) is 6.39. The van der Waals surface area contributed by atoms with Crippen LogP contribution in [-0.2, 0) is 9.59 Å². The molecule has 0 radical (unpaired) electrons. The number of hydrogen-bond donors (Lipinski definition) is 1. The summed E-state index contributed by atoms with van der Waals surface area (Å²) in [5.41, 5.74) is 0. The highest BCUT2D eigenvalue weighted by molar-refractivity contribution is 8.00. The minimum atomic E-state index is -0.877. The number of amides is 1. The predicted octanol–water partition coefficient (Wildman–Crippen LogP) is 1.16. The molecule has 0 aliphatic carbocycles. The van der Waals surface area contributed by atoms with Crippen LogP contribution in [0, 0.1) is 0 Å². The van der Waals surface area contributed by atoms with E-state index in [0.29, 0.717) is 12.3 Å². The lowest BCUT2D eigenvalue weighted by Crippen LogP contribution is -2.45. The van der Waals surface area contributed by atoms with Crippen molar-refractivity contribution in [3.05, 3.63) is 0 Å². The van der Waals surface area contributed by atoms with E-state index < -0.39 is 12.0 Å². The van der Waals surface area contributed by atoms with Crippen molar-refractivity contribution in [2.45, 2.75) is 24.6 Å². The molecule has 1 heterocycles. The molecule has 92 valence electrons. The normalized spacial score (nSPS) is 24.8. The molecule has 1 aliphatic heterocycles. The number of carboxylic acids is 1. The molecule has 0 aromatic rings. The molecule has 0 aromatic carbocycles. The summed E-state index contributed by atoms with van der Waals surface area (Å²) in [6.07, 6.45) is 2.64. The zero-order valence-corrected chi connectivity index (χ0v) is 11.1. The first-order chi connectivity index (χ1) is 7.61. The van der Waals surface area contributed by atoms with Gasteiger partial charge in [-0.3, -0.25) is 4.79 Å². The van der Waals surface area contributed by atoms with Crippen LogP contribution in [0.25, 0.3) is 0 Å². The van der Waals surface area contributed by atoms with Crippen molar-refractivity contribution in [2.75, 3.05) is 24.3 Å².